The van der Waals surface area contributed by atoms with Crippen LogP contribution in [0.25, 0.3) is 6.08 Å². The highest BCUT2D eigenvalue weighted by Crippen LogP contribution is 2.14. The molecule has 0 saturated heterocycles. The van der Waals surface area contributed by atoms with Crippen LogP contribution in [0, 0.1) is 10.1 Å². The van der Waals surface area contributed by atoms with Crippen molar-refractivity contribution in [3.8, 4) is 0 Å². The summed E-state index contributed by atoms with van der Waals surface area (Å²) in [5.74, 6) is 0. The number of carbonyl (C=O) groups excluding carboxylic acids is 1. The minimum Gasteiger partial charge on any atom is -0.444 e. The highest BCUT2D eigenvalue weighted by atomic mass is 16.6. The van der Waals surface area contributed by atoms with Crippen LogP contribution in [-0.2, 0) is 11.3 Å². The molecule has 2 rings (SSSR count). The maximum Gasteiger partial charge on any atom is 0.411 e. The molecule has 0 radical (unpaired) electrons. The first-order valence-electron chi connectivity index (χ1n) is 6.95. The minimum absolute atomic E-state index is 0.0220. The van der Waals surface area contributed by atoms with Gasteiger partial charge in [0.15, 0.2) is 0 Å². The number of ether oxygens (including phenoxy) is 1. The smallest absolute Gasteiger partial charge is 0.411 e. The van der Waals surface area contributed by atoms with E-state index in [1.165, 1.54) is 13.0 Å². The molecule has 0 aliphatic heterocycles. The standard InChI is InChI=1S/C17H16N2O4/c1-13(19(21)22)10-15-8-5-9-16(11-15)18-17(20)23-12-14-6-3-2-4-7-14/h2-11H,12H2,1H3,(H,18,20)/b13-10+. The molecule has 0 spiro atoms. The van der Waals surface area contributed by atoms with E-state index < -0.39 is 11.0 Å². The largest absolute Gasteiger partial charge is 0.444 e. The second-order valence-corrected chi connectivity index (χ2v) is 4.86. The summed E-state index contributed by atoms with van der Waals surface area (Å²) in [6.45, 7) is 1.58. The second-order valence-electron chi connectivity index (χ2n) is 4.86. The van der Waals surface area contributed by atoms with Gasteiger partial charge in [0.25, 0.3) is 0 Å². The zero-order valence-electron chi connectivity index (χ0n) is 12.6. The first-order chi connectivity index (χ1) is 11.0. The van der Waals surface area contributed by atoms with Gasteiger partial charge >= 0.3 is 6.09 Å². The van der Waals surface area contributed by atoms with E-state index in [1.807, 2.05) is 30.3 Å². The van der Waals surface area contributed by atoms with E-state index in [-0.39, 0.29) is 12.3 Å². The zero-order valence-corrected chi connectivity index (χ0v) is 12.6. The topological polar surface area (TPSA) is 81.5 Å². The normalized spacial score (nSPS) is 10.9. The number of hydrogen-bond acceptors (Lipinski definition) is 4. The van der Waals surface area contributed by atoms with E-state index >= 15 is 0 Å². The van der Waals surface area contributed by atoms with E-state index in [0.29, 0.717) is 11.3 Å². The predicted octanol–water partition coefficient (Wildman–Crippen LogP) is 4.07. The van der Waals surface area contributed by atoms with Gasteiger partial charge in [0, 0.05) is 18.7 Å². The lowest BCUT2D eigenvalue weighted by Gasteiger charge is -2.07. The van der Waals surface area contributed by atoms with Gasteiger partial charge in [-0.3, -0.25) is 15.4 Å². The number of anilines is 1. The fourth-order valence-electron chi connectivity index (χ4n) is 1.88. The van der Waals surface area contributed by atoms with Gasteiger partial charge in [-0.1, -0.05) is 42.5 Å². The van der Waals surface area contributed by atoms with Crippen LogP contribution in [0.1, 0.15) is 18.1 Å². The Morgan fingerprint density at radius 1 is 1.22 bits per heavy atom. The molecular weight excluding hydrogens is 296 g/mol. The summed E-state index contributed by atoms with van der Waals surface area (Å²) in [6, 6.07) is 16.1. The molecule has 1 N–H and O–H groups in total. The van der Waals surface area contributed by atoms with E-state index in [1.54, 1.807) is 24.3 Å². The van der Waals surface area contributed by atoms with Crippen molar-refractivity contribution in [1.82, 2.24) is 0 Å². The number of carbonyl (C=O) groups is 1. The van der Waals surface area contributed by atoms with Crippen molar-refractivity contribution >= 4 is 17.9 Å². The zero-order chi connectivity index (χ0) is 16.7. The number of nitrogens with one attached hydrogen (secondary N) is 1. The minimum atomic E-state index is -0.582. The molecule has 2 aromatic carbocycles. The van der Waals surface area contributed by atoms with Gasteiger partial charge in [-0.05, 0) is 23.3 Å². The fraction of sp³-hybridized carbons (Fsp3) is 0.118. The molecule has 0 heterocycles. The second kappa shape index (κ2) is 7.74. The highest BCUT2D eigenvalue weighted by Gasteiger charge is 2.06. The summed E-state index contributed by atoms with van der Waals surface area (Å²) in [5, 5.41) is 13.2. The number of amides is 1. The maximum atomic E-state index is 11.8. The number of rotatable bonds is 5. The summed E-state index contributed by atoms with van der Waals surface area (Å²) in [6.07, 6.45) is 0.849. The van der Waals surface area contributed by atoms with E-state index in [4.69, 9.17) is 4.74 Å². The Hall–Kier alpha value is -3.15. The molecule has 0 fully saturated rings. The maximum absolute atomic E-state index is 11.8. The Morgan fingerprint density at radius 3 is 2.65 bits per heavy atom. The molecule has 23 heavy (non-hydrogen) atoms. The van der Waals surface area contributed by atoms with Crippen molar-refractivity contribution in [3.63, 3.8) is 0 Å². The van der Waals surface area contributed by atoms with E-state index in [9.17, 15) is 14.9 Å². The Bertz CT molecular complexity index is 726. The SMILES string of the molecule is C/C(=C\c1cccc(NC(=O)OCc2ccccc2)c1)[N+](=O)[O-]. The van der Waals surface area contributed by atoms with Crippen LogP contribution in [0.15, 0.2) is 60.3 Å². The van der Waals surface area contributed by atoms with Crippen LogP contribution in [0.5, 0.6) is 0 Å². The van der Waals surface area contributed by atoms with Crippen LogP contribution in [0.2, 0.25) is 0 Å². The van der Waals surface area contributed by atoms with Crippen LogP contribution in [-0.4, -0.2) is 11.0 Å². The van der Waals surface area contributed by atoms with Crippen molar-refractivity contribution < 1.29 is 14.5 Å². The average Bonchev–Trinajstić information content (AvgIpc) is 2.54. The third-order valence-corrected chi connectivity index (χ3v) is 3.01. The lowest BCUT2D eigenvalue weighted by atomic mass is 10.2. The molecule has 0 aliphatic rings. The lowest BCUT2D eigenvalue weighted by molar-refractivity contribution is -0.422. The molecule has 6 heteroatoms. The average molecular weight is 312 g/mol. The summed E-state index contributed by atoms with van der Waals surface area (Å²) in [4.78, 5) is 21.9. The first kappa shape index (κ1) is 16.2. The van der Waals surface area contributed by atoms with Gasteiger partial charge in [0.05, 0.1) is 4.92 Å². The molecule has 0 aliphatic carbocycles. The van der Waals surface area contributed by atoms with Crippen LogP contribution >= 0.6 is 0 Å². The molecule has 0 atom stereocenters. The number of hydrogen-bond donors (Lipinski definition) is 1. The number of nitro groups is 1. The quantitative estimate of drug-likeness (QED) is 0.666. The third-order valence-electron chi connectivity index (χ3n) is 3.01. The Labute approximate surface area is 133 Å². The van der Waals surface area contributed by atoms with E-state index in [2.05, 4.69) is 5.32 Å². The van der Waals surface area contributed by atoms with Crippen molar-refractivity contribution in [2.45, 2.75) is 13.5 Å². The number of nitrogens with zero attached hydrogens (tertiary/aromatic N) is 1. The number of benzene rings is 2. The monoisotopic (exact) mass is 312 g/mol. The van der Waals surface area contributed by atoms with Crippen molar-refractivity contribution in [2.75, 3.05) is 5.32 Å². The first-order valence-corrected chi connectivity index (χ1v) is 6.95. The summed E-state index contributed by atoms with van der Waals surface area (Å²) in [7, 11) is 0. The fourth-order valence-corrected chi connectivity index (χ4v) is 1.88. The Balaban J connectivity index is 1.96. The molecule has 0 aromatic heterocycles. The van der Waals surface area contributed by atoms with Crippen LogP contribution < -0.4 is 5.32 Å². The van der Waals surface area contributed by atoms with Crippen LogP contribution in [0.3, 0.4) is 0 Å². The van der Waals surface area contributed by atoms with Crippen molar-refractivity contribution in [1.29, 1.82) is 0 Å². The van der Waals surface area contributed by atoms with Crippen molar-refractivity contribution in [3.05, 3.63) is 81.5 Å². The summed E-state index contributed by atoms with van der Waals surface area (Å²) in [5.41, 5.74) is 2.04. The van der Waals surface area contributed by atoms with Gasteiger partial charge in [-0.25, -0.2) is 4.79 Å². The van der Waals surface area contributed by atoms with Crippen LogP contribution in [0.4, 0.5) is 10.5 Å². The molecule has 0 unspecified atom stereocenters. The highest BCUT2D eigenvalue weighted by molar-refractivity contribution is 5.85. The number of allylic oxidation sites excluding steroid dienone is 1. The molecule has 118 valence electrons. The van der Waals surface area contributed by atoms with Gasteiger partial charge in [-0.2, -0.15) is 0 Å². The third kappa shape index (κ3) is 5.28. The van der Waals surface area contributed by atoms with E-state index in [0.717, 1.165) is 5.56 Å². The van der Waals surface area contributed by atoms with Gasteiger partial charge < -0.3 is 4.74 Å². The lowest BCUT2D eigenvalue weighted by Crippen LogP contribution is -2.13. The summed E-state index contributed by atoms with van der Waals surface area (Å²) < 4.78 is 5.12. The molecule has 1 amide bonds. The Kier molecular flexibility index (Phi) is 5.46. The molecule has 0 saturated carbocycles. The van der Waals surface area contributed by atoms with Crippen molar-refractivity contribution in [2.24, 2.45) is 0 Å². The molecule has 6 nitrogen and oxygen atoms in total. The summed E-state index contributed by atoms with van der Waals surface area (Å²) >= 11 is 0. The van der Waals surface area contributed by atoms with Gasteiger partial charge in [-0.15, -0.1) is 0 Å². The predicted molar refractivity (Wildman–Crippen MR) is 87.3 cm³/mol. The molecule has 2 aromatic rings. The molecule has 0 bridgehead atoms. The van der Waals surface area contributed by atoms with Gasteiger partial charge in [0.1, 0.15) is 6.61 Å². The van der Waals surface area contributed by atoms with Gasteiger partial charge in [0.2, 0.25) is 5.70 Å². The Morgan fingerprint density at radius 2 is 1.96 bits per heavy atom. The molecular formula is C17H16N2O4.